The number of halogens is 2. The van der Waals surface area contributed by atoms with Crippen LogP contribution in [-0.2, 0) is 11.2 Å². The van der Waals surface area contributed by atoms with Gasteiger partial charge in [-0.25, -0.2) is 13.8 Å². The summed E-state index contributed by atoms with van der Waals surface area (Å²) in [4.78, 5) is 20.3. The van der Waals surface area contributed by atoms with Crippen molar-refractivity contribution < 1.29 is 32.2 Å². The second-order valence-electron chi connectivity index (χ2n) is 9.56. The number of methoxy groups -OCH3 is 2. The van der Waals surface area contributed by atoms with Crippen LogP contribution >= 0.6 is 0 Å². The summed E-state index contributed by atoms with van der Waals surface area (Å²) in [6, 6.07) is 9.03. The second-order valence-corrected chi connectivity index (χ2v) is 9.56. The number of hydrogen-bond acceptors (Lipinski definition) is 8. The Kier molecular flexibility index (Phi) is 7.88. The van der Waals surface area contributed by atoms with Crippen molar-refractivity contribution in [2.75, 3.05) is 50.7 Å². The van der Waals surface area contributed by atoms with Crippen molar-refractivity contribution in [2.24, 2.45) is 0 Å². The summed E-state index contributed by atoms with van der Waals surface area (Å²) in [6.07, 6.45) is 2.63. The van der Waals surface area contributed by atoms with Gasteiger partial charge in [-0.2, -0.15) is 0 Å². The molecule has 10 heteroatoms. The van der Waals surface area contributed by atoms with E-state index >= 15 is 8.78 Å². The second kappa shape index (κ2) is 11.5. The topological polar surface area (TPSA) is 86.1 Å². The van der Waals surface area contributed by atoms with E-state index in [0.29, 0.717) is 48.4 Å². The molecule has 8 nitrogen and oxygen atoms in total. The van der Waals surface area contributed by atoms with Gasteiger partial charge in [-0.05, 0) is 43.2 Å². The van der Waals surface area contributed by atoms with Gasteiger partial charge in [0, 0.05) is 41.5 Å². The lowest BCUT2D eigenvalue weighted by Gasteiger charge is -2.29. The van der Waals surface area contributed by atoms with Gasteiger partial charge < -0.3 is 28.8 Å². The largest absolute Gasteiger partial charge is 0.494 e. The van der Waals surface area contributed by atoms with Crippen LogP contribution < -0.4 is 19.7 Å². The van der Waals surface area contributed by atoms with Crippen LogP contribution in [0.3, 0.4) is 0 Å². The lowest BCUT2D eigenvalue weighted by atomic mass is 9.99. The van der Waals surface area contributed by atoms with Gasteiger partial charge in [0.15, 0.2) is 34.5 Å². The fourth-order valence-electron chi connectivity index (χ4n) is 4.95. The zero-order valence-corrected chi connectivity index (χ0v) is 22.9. The van der Waals surface area contributed by atoms with Crippen molar-refractivity contribution in [3.63, 3.8) is 0 Å². The van der Waals surface area contributed by atoms with Gasteiger partial charge >= 0.3 is 0 Å². The number of hydrogen-bond donors (Lipinski definition) is 1. The van der Waals surface area contributed by atoms with E-state index in [1.807, 2.05) is 19.9 Å². The smallest absolute Gasteiger partial charge is 0.234 e. The van der Waals surface area contributed by atoms with Crippen molar-refractivity contribution in [2.45, 2.75) is 26.7 Å². The molecule has 1 N–H and O–H groups in total. The van der Waals surface area contributed by atoms with E-state index in [1.54, 1.807) is 6.07 Å². The van der Waals surface area contributed by atoms with Gasteiger partial charge in [0.1, 0.15) is 11.4 Å². The Morgan fingerprint density at radius 1 is 1.07 bits per heavy atom. The Balaban J connectivity index is 1.51. The standard InChI is InChI=1S/C30H31F2N3O5/c1-5-6-19-20-14-25(34-21-8-7-18(13-17(21)2)35-9-11-39-12-10-35)33-16-24(20)40-30(19)29(36)26-27(31)22(37-3)15-23(38-4)28(26)32/h7-8,13-16H,5-6,9-12H2,1-4H3,(H,33,34). The molecule has 0 amide bonds. The number of nitrogens with one attached hydrogen (secondary N) is 1. The summed E-state index contributed by atoms with van der Waals surface area (Å²) in [5, 5.41) is 3.99. The summed E-state index contributed by atoms with van der Waals surface area (Å²) in [5.41, 5.74) is 3.15. The van der Waals surface area contributed by atoms with Crippen LogP contribution in [0.2, 0.25) is 0 Å². The van der Waals surface area contributed by atoms with Crippen molar-refractivity contribution >= 4 is 33.9 Å². The highest BCUT2D eigenvalue weighted by molar-refractivity contribution is 6.11. The molecule has 40 heavy (non-hydrogen) atoms. The first-order chi connectivity index (χ1) is 19.4. The van der Waals surface area contributed by atoms with Crippen LogP contribution in [-0.4, -0.2) is 51.3 Å². The highest BCUT2D eigenvalue weighted by Gasteiger charge is 2.31. The Morgan fingerprint density at radius 2 is 1.77 bits per heavy atom. The van der Waals surface area contributed by atoms with E-state index in [0.717, 1.165) is 36.1 Å². The fourth-order valence-corrected chi connectivity index (χ4v) is 4.95. The molecule has 1 aliphatic heterocycles. The lowest BCUT2D eigenvalue weighted by Crippen LogP contribution is -2.36. The molecule has 1 fully saturated rings. The predicted molar refractivity (Wildman–Crippen MR) is 148 cm³/mol. The van der Waals surface area contributed by atoms with Crippen molar-refractivity contribution in [1.82, 2.24) is 4.98 Å². The zero-order chi connectivity index (χ0) is 28.4. The van der Waals surface area contributed by atoms with E-state index in [4.69, 9.17) is 18.6 Å². The number of morpholine rings is 1. The van der Waals surface area contributed by atoms with Crippen molar-refractivity contribution in [3.8, 4) is 11.5 Å². The molecule has 0 atom stereocenters. The molecule has 0 spiro atoms. The molecule has 1 aliphatic rings. The van der Waals surface area contributed by atoms with Crippen LogP contribution in [0.25, 0.3) is 11.0 Å². The third-order valence-electron chi connectivity index (χ3n) is 7.03. The molecule has 0 radical (unpaired) electrons. The normalized spacial score (nSPS) is 13.5. The number of nitrogens with zero attached hydrogens (tertiary/aromatic N) is 2. The number of carbonyl (C=O) groups excluding carboxylic acids is 1. The van der Waals surface area contributed by atoms with Gasteiger partial charge in [0.2, 0.25) is 5.78 Å². The number of anilines is 3. The first-order valence-electron chi connectivity index (χ1n) is 13.1. The number of carbonyl (C=O) groups is 1. The number of benzene rings is 2. The van der Waals surface area contributed by atoms with Gasteiger partial charge in [-0.1, -0.05) is 13.3 Å². The number of pyridine rings is 1. The maximum absolute atomic E-state index is 15.1. The molecule has 4 aromatic rings. The van der Waals surface area contributed by atoms with Gasteiger partial charge in [0.25, 0.3) is 0 Å². The third-order valence-corrected chi connectivity index (χ3v) is 7.03. The fraction of sp³-hybridized carbons (Fsp3) is 0.333. The molecule has 2 aromatic carbocycles. The molecule has 2 aromatic heterocycles. The van der Waals surface area contributed by atoms with E-state index in [1.165, 1.54) is 20.4 Å². The van der Waals surface area contributed by atoms with E-state index in [2.05, 4.69) is 27.3 Å². The number of aromatic nitrogens is 1. The van der Waals surface area contributed by atoms with Gasteiger partial charge in [-0.15, -0.1) is 0 Å². The number of ketones is 1. The van der Waals surface area contributed by atoms with Crippen LogP contribution in [0.1, 0.15) is 40.6 Å². The summed E-state index contributed by atoms with van der Waals surface area (Å²) < 4.78 is 51.6. The van der Waals surface area contributed by atoms with E-state index in [9.17, 15) is 4.79 Å². The van der Waals surface area contributed by atoms with Crippen LogP contribution in [0, 0.1) is 18.6 Å². The first-order valence-corrected chi connectivity index (χ1v) is 13.1. The molecular weight excluding hydrogens is 520 g/mol. The summed E-state index contributed by atoms with van der Waals surface area (Å²) >= 11 is 0. The maximum Gasteiger partial charge on any atom is 0.234 e. The maximum atomic E-state index is 15.1. The molecule has 0 unspecified atom stereocenters. The molecule has 210 valence electrons. The minimum Gasteiger partial charge on any atom is -0.494 e. The molecule has 3 heterocycles. The summed E-state index contributed by atoms with van der Waals surface area (Å²) in [7, 11) is 2.46. The average molecular weight is 552 g/mol. The molecule has 1 saturated heterocycles. The molecular formula is C30H31F2N3O5. The minimum atomic E-state index is -1.12. The van der Waals surface area contributed by atoms with Crippen molar-refractivity contribution in [3.05, 3.63) is 70.6 Å². The Labute approximate surface area is 230 Å². The highest BCUT2D eigenvalue weighted by Crippen LogP contribution is 2.36. The van der Waals surface area contributed by atoms with Gasteiger partial charge in [-0.3, -0.25) is 4.79 Å². The number of aryl methyl sites for hydroxylation is 2. The van der Waals surface area contributed by atoms with Crippen LogP contribution in [0.5, 0.6) is 11.5 Å². The Hall–Kier alpha value is -4.18. The summed E-state index contributed by atoms with van der Waals surface area (Å²) in [5.74, 6) is -3.38. The number of rotatable bonds is 9. The van der Waals surface area contributed by atoms with E-state index < -0.39 is 23.0 Å². The summed E-state index contributed by atoms with van der Waals surface area (Å²) in [6.45, 7) is 7.09. The number of fused-ring (bicyclic) bond motifs is 1. The third kappa shape index (κ3) is 5.06. The number of furan rings is 1. The molecule has 0 saturated carbocycles. The Bertz CT molecular complexity index is 1530. The van der Waals surface area contributed by atoms with Crippen LogP contribution in [0.4, 0.5) is 26.0 Å². The van der Waals surface area contributed by atoms with E-state index in [-0.39, 0.29) is 17.3 Å². The van der Waals surface area contributed by atoms with Crippen LogP contribution in [0.15, 0.2) is 40.9 Å². The quantitative estimate of drug-likeness (QED) is 0.246. The highest BCUT2D eigenvalue weighted by atomic mass is 19.1. The average Bonchev–Trinajstić information content (AvgIpc) is 3.32. The van der Waals surface area contributed by atoms with Gasteiger partial charge in [0.05, 0.1) is 33.6 Å². The molecule has 0 bridgehead atoms. The molecule has 0 aliphatic carbocycles. The molecule has 5 rings (SSSR count). The lowest BCUT2D eigenvalue weighted by molar-refractivity contribution is 0.1000. The first kappa shape index (κ1) is 27.4. The van der Waals surface area contributed by atoms with Crippen molar-refractivity contribution in [1.29, 1.82) is 0 Å². The number of ether oxygens (including phenoxy) is 3. The SMILES string of the molecule is CCCc1c(C(=O)c2c(F)c(OC)cc(OC)c2F)oc2cnc(Nc3ccc(N4CCOCC4)cc3C)cc12. The Morgan fingerprint density at radius 3 is 2.40 bits per heavy atom. The minimum absolute atomic E-state index is 0.144. The zero-order valence-electron chi connectivity index (χ0n) is 22.9. The predicted octanol–water partition coefficient (Wildman–Crippen LogP) is 6.20. The monoisotopic (exact) mass is 551 g/mol.